The lowest BCUT2D eigenvalue weighted by molar-refractivity contribution is -0.116. The van der Waals surface area contributed by atoms with E-state index in [9.17, 15) is 4.79 Å². The van der Waals surface area contributed by atoms with E-state index in [0.29, 0.717) is 17.4 Å². The van der Waals surface area contributed by atoms with Gasteiger partial charge in [0.15, 0.2) is 5.13 Å². The summed E-state index contributed by atoms with van der Waals surface area (Å²) >= 11 is 1.43. The zero-order valence-electron chi connectivity index (χ0n) is 14.9. The van der Waals surface area contributed by atoms with Gasteiger partial charge in [-0.15, -0.1) is 11.3 Å². The Hall–Kier alpha value is -2.86. The van der Waals surface area contributed by atoms with Gasteiger partial charge in [0.25, 0.3) is 0 Å². The number of aromatic nitrogens is 1. The van der Waals surface area contributed by atoms with Crippen LogP contribution in [-0.2, 0) is 11.3 Å². The number of benzene rings is 2. The molecule has 134 valence electrons. The van der Waals surface area contributed by atoms with Gasteiger partial charge in [-0.1, -0.05) is 30.3 Å². The Kier molecular flexibility index (Phi) is 5.53. The van der Waals surface area contributed by atoms with E-state index in [1.807, 2.05) is 53.9 Å². The fourth-order valence-corrected chi connectivity index (χ4v) is 3.47. The van der Waals surface area contributed by atoms with Gasteiger partial charge in [-0.3, -0.25) is 9.69 Å². The van der Waals surface area contributed by atoms with Gasteiger partial charge in [0.1, 0.15) is 11.5 Å². The molecule has 0 radical (unpaired) electrons. The molecular weight excluding hydrogens is 348 g/mol. The summed E-state index contributed by atoms with van der Waals surface area (Å²) in [7, 11) is 3.24. The normalized spacial score (nSPS) is 10.4. The van der Waals surface area contributed by atoms with Gasteiger partial charge in [-0.25, -0.2) is 4.98 Å². The Morgan fingerprint density at radius 2 is 1.88 bits per heavy atom. The van der Waals surface area contributed by atoms with E-state index in [1.54, 1.807) is 26.0 Å². The highest BCUT2D eigenvalue weighted by atomic mass is 32.1. The Morgan fingerprint density at radius 3 is 2.54 bits per heavy atom. The zero-order chi connectivity index (χ0) is 18.5. The van der Waals surface area contributed by atoms with Crippen LogP contribution in [0.3, 0.4) is 0 Å². The highest BCUT2D eigenvalue weighted by Crippen LogP contribution is 2.36. The molecule has 0 fully saturated rings. The van der Waals surface area contributed by atoms with E-state index in [0.717, 1.165) is 22.6 Å². The van der Waals surface area contributed by atoms with Gasteiger partial charge >= 0.3 is 0 Å². The van der Waals surface area contributed by atoms with Crippen LogP contribution in [0.15, 0.2) is 53.9 Å². The number of carbonyl (C=O) groups excluding carboxylic acids is 1. The Balaban J connectivity index is 1.94. The molecule has 0 saturated carbocycles. The van der Waals surface area contributed by atoms with Crippen LogP contribution in [0.2, 0.25) is 0 Å². The molecule has 5 nitrogen and oxygen atoms in total. The van der Waals surface area contributed by atoms with Crippen molar-refractivity contribution in [1.82, 2.24) is 4.98 Å². The number of ether oxygens (including phenoxy) is 2. The summed E-state index contributed by atoms with van der Waals surface area (Å²) in [6, 6.07) is 15.4. The highest BCUT2D eigenvalue weighted by Gasteiger charge is 2.18. The molecule has 26 heavy (non-hydrogen) atoms. The standard InChI is InChI=1S/C20H20N2O3S/c1-14(23)22(12-15-7-5-4-6-8-15)20-21-18(13-26-20)17-11-16(24-2)9-10-19(17)25-3/h4-11,13H,12H2,1-3H3. The van der Waals surface area contributed by atoms with Gasteiger partial charge in [-0.2, -0.15) is 0 Å². The summed E-state index contributed by atoms with van der Waals surface area (Å²) in [6.45, 7) is 2.04. The number of nitrogens with zero attached hydrogens (tertiary/aromatic N) is 2. The van der Waals surface area contributed by atoms with Crippen molar-refractivity contribution in [1.29, 1.82) is 0 Å². The van der Waals surface area contributed by atoms with Crippen LogP contribution in [0.4, 0.5) is 5.13 Å². The van der Waals surface area contributed by atoms with Gasteiger partial charge in [0.2, 0.25) is 5.91 Å². The highest BCUT2D eigenvalue weighted by molar-refractivity contribution is 7.14. The lowest BCUT2D eigenvalue weighted by atomic mass is 10.1. The first-order chi connectivity index (χ1) is 12.6. The van der Waals surface area contributed by atoms with Crippen LogP contribution in [0.5, 0.6) is 11.5 Å². The summed E-state index contributed by atoms with van der Waals surface area (Å²) in [5, 5.41) is 2.58. The van der Waals surface area contributed by atoms with E-state index in [-0.39, 0.29) is 5.91 Å². The van der Waals surface area contributed by atoms with Crippen molar-refractivity contribution in [2.75, 3.05) is 19.1 Å². The first-order valence-corrected chi connectivity index (χ1v) is 9.00. The number of methoxy groups -OCH3 is 2. The number of carbonyl (C=O) groups is 1. The maximum absolute atomic E-state index is 12.2. The average molecular weight is 368 g/mol. The van der Waals surface area contributed by atoms with Crippen molar-refractivity contribution in [3.63, 3.8) is 0 Å². The van der Waals surface area contributed by atoms with Crippen LogP contribution in [0.1, 0.15) is 12.5 Å². The molecule has 3 rings (SSSR count). The van der Waals surface area contributed by atoms with E-state index in [1.165, 1.54) is 11.3 Å². The van der Waals surface area contributed by atoms with Crippen LogP contribution in [0, 0.1) is 0 Å². The molecule has 2 aromatic carbocycles. The van der Waals surface area contributed by atoms with Crippen molar-refractivity contribution < 1.29 is 14.3 Å². The molecule has 0 bridgehead atoms. The van der Waals surface area contributed by atoms with Crippen LogP contribution >= 0.6 is 11.3 Å². The minimum atomic E-state index is -0.0487. The summed E-state index contributed by atoms with van der Waals surface area (Å²) in [5.74, 6) is 1.38. The molecule has 0 unspecified atom stereocenters. The van der Waals surface area contributed by atoms with Gasteiger partial charge < -0.3 is 9.47 Å². The van der Waals surface area contributed by atoms with E-state index in [2.05, 4.69) is 4.98 Å². The fourth-order valence-electron chi connectivity index (χ4n) is 2.61. The minimum absolute atomic E-state index is 0.0487. The largest absolute Gasteiger partial charge is 0.497 e. The Morgan fingerprint density at radius 1 is 1.12 bits per heavy atom. The molecule has 0 N–H and O–H groups in total. The summed E-state index contributed by atoms with van der Waals surface area (Å²) in [4.78, 5) is 18.5. The number of thiazole rings is 1. The van der Waals surface area contributed by atoms with Gasteiger partial charge in [-0.05, 0) is 23.8 Å². The predicted molar refractivity (Wildman–Crippen MR) is 104 cm³/mol. The predicted octanol–water partition coefficient (Wildman–Crippen LogP) is 4.38. The Bertz CT molecular complexity index is 893. The zero-order valence-corrected chi connectivity index (χ0v) is 15.7. The topological polar surface area (TPSA) is 51.7 Å². The van der Waals surface area contributed by atoms with Crippen molar-refractivity contribution in [3.8, 4) is 22.8 Å². The molecule has 1 heterocycles. The second-order valence-electron chi connectivity index (χ2n) is 5.67. The molecule has 3 aromatic rings. The third kappa shape index (κ3) is 3.86. The van der Waals surface area contributed by atoms with Crippen molar-refractivity contribution in [2.24, 2.45) is 0 Å². The molecule has 0 aliphatic carbocycles. The molecule has 1 amide bonds. The SMILES string of the molecule is COc1ccc(OC)c(-c2csc(N(Cc3ccccc3)C(C)=O)n2)c1. The lowest BCUT2D eigenvalue weighted by Gasteiger charge is -2.18. The lowest BCUT2D eigenvalue weighted by Crippen LogP contribution is -2.27. The molecule has 6 heteroatoms. The molecule has 0 aliphatic heterocycles. The maximum atomic E-state index is 12.2. The molecule has 0 atom stereocenters. The molecule has 0 saturated heterocycles. The first kappa shape index (κ1) is 17.9. The third-order valence-corrected chi connectivity index (χ3v) is 4.83. The first-order valence-electron chi connectivity index (χ1n) is 8.12. The van der Waals surface area contributed by atoms with Gasteiger partial charge in [0.05, 0.1) is 26.5 Å². The molecular formula is C20H20N2O3S. The number of hydrogen-bond donors (Lipinski definition) is 0. The molecule has 0 aliphatic rings. The van der Waals surface area contributed by atoms with Crippen molar-refractivity contribution >= 4 is 22.4 Å². The van der Waals surface area contributed by atoms with Gasteiger partial charge in [0, 0.05) is 17.9 Å². The monoisotopic (exact) mass is 368 g/mol. The molecule has 1 aromatic heterocycles. The van der Waals surface area contributed by atoms with Crippen molar-refractivity contribution in [2.45, 2.75) is 13.5 Å². The summed E-state index contributed by atoms with van der Waals surface area (Å²) in [6.07, 6.45) is 0. The number of amides is 1. The number of anilines is 1. The van der Waals surface area contributed by atoms with Crippen molar-refractivity contribution in [3.05, 3.63) is 59.5 Å². The smallest absolute Gasteiger partial charge is 0.225 e. The fraction of sp³-hybridized carbons (Fsp3) is 0.200. The van der Waals surface area contributed by atoms with E-state index < -0.39 is 0 Å². The summed E-state index contributed by atoms with van der Waals surface area (Å²) < 4.78 is 10.7. The minimum Gasteiger partial charge on any atom is -0.497 e. The third-order valence-electron chi connectivity index (χ3n) is 3.97. The Labute approximate surface area is 156 Å². The van der Waals surface area contributed by atoms with E-state index >= 15 is 0 Å². The maximum Gasteiger partial charge on any atom is 0.225 e. The number of hydrogen-bond acceptors (Lipinski definition) is 5. The second kappa shape index (κ2) is 8.01. The van der Waals surface area contributed by atoms with Crippen LogP contribution < -0.4 is 14.4 Å². The quantitative estimate of drug-likeness (QED) is 0.648. The van der Waals surface area contributed by atoms with Crippen LogP contribution in [-0.4, -0.2) is 25.1 Å². The van der Waals surface area contributed by atoms with E-state index in [4.69, 9.17) is 9.47 Å². The second-order valence-corrected chi connectivity index (χ2v) is 6.51. The van der Waals surface area contributed by atoms with Crippen LogP contribution in [0.25, 0.3) is 11.3 Å². The number of rotatable bonds is 6. The average Bonchev–Trinajstić information content (AvgIpc) is 3.15. The molecule has 0 spiro atoms. The summed E-state index contributed by atoms with van der Waals surface area (Å²) in [5.41, 5.74) is 2.64.